The van der Waals surface area contributed by atoms with Gasteiger partial charge in [0.15, 0.2) is 5.06 Å². The molecule has 0 radical (unpaired) electrons. The summed E-state index contributed by atoms with van der Waals surface area (Å²) in [5.41, 5.74) is 5.29. The first kappa shape index (κ1) is 14.3. The van der Waals surface area contributed by atoms with Gasteiger partial charge in [0, 0.05) is 6.07 Å². The Morgan fingerprint density at radius 3 is 2.90 bits per heavy atom. The molecule has 1 aliphatic rings. The smallest absolute Gasteiger partial charge is 0.404 e. The zero-order valence-corrected chi connectivity index (χ0v) is 12.3. The minimum atomic E-state index is -0.932. The van der Waals surface area contributed by atoms with Crippen LogP contribution in [0.4, 0.5) is 9.18 Å². The molecule has 0 spiro atoms. The highest BCUT2D eigenvalue weighted by molar-refractivity contribution is 7.21. The second kappa shape index (κ2) is 4.97. The van der Waals surface area contributed by atoms with Crippen molar-refractivity contribution in [2.75, 3.05) is 6.61 Å². The van der Waals surface area contributed by atoms with Gasteiger partial charge in [-0.2, -0.15) is 0 Å². The van der Waals surface area contributed by atoms with E-state index in [0.717, 1.165) is 11.3 Å². The molecule has 8 heteroatoms. The number of thiophene rings is 1. The van der Waals surface area contributed by atoms with E-state index in [4.69, 9.17) is 19.8 Å². The number of carbonyl (C=O) groups is 1. The van der Waals surface area contributed by atoms with Crippen LogP contribution in [-0.4, -0.2) is 25.4 Å². The maximum Gasteiger partial charge on any atom is 0.495 e. The highest BCUT2D eigenvalue weighted by atomic mass is 32.1. The zero-order chi connectivity index (χ0) is 15.2. The summed E-state index contributed by atoms with van der Waals surface area (Å²) in [6.07, 6.45) is -0.932. The van der Waals surface area contributed by atoms with Crippen LogP contribution in [0.1, 0.15) is 13.8 Å². The van der Waals surface area contributed by atoms with E-state index in [2.05, 4.69) is 0 Å². The number of halogens is 1. The summed E-state index contributed by atoms with van der Waals surface area (Å²) in [7, 11) is -0.570. The molecule has 2 N–H and O–H groups in total. The normalized spacial score (nSPS) is 17.4. The van der Waals surface area contributed by atoms with E-state index in [1.54, 1.807) is 12.1 Å². The summed E-state index contributed by atoms with van der Waals surface area (Å²) in [6.45, 7) is 4.29. The quantitative estimate of drug-likeness (QED) is 0.862. The molecule has 1 fully saturated rings. The minimum Gasteiger partial charge on any atom is -0.404 e. The summed E-state index contributed by atoms with van der Waals surface area (Å²) < 4.78 is 30.5. The zero-order valence-electron chi connectivity index (χ0n) is 11.5. The molecule has 1 amide bonds. The average molecular weight is 309 g/mol. The van der Waals surface area contributed by atoms with Crippen LogP contribution in [0.2, 0.25) is 0 Å². The lowest BCUT2D eigenvalue weighted by atomic mass is 9.77. The summed E-state index contributed by atoms with van der Waals surface area (Å²) in [5.74, 6) is -0.393. The Morgan fingerprint density at radius 2 is 2.29 bits per heavy atom. The standard InChI is InChI=1S/C13H13BFNO4S/c1-13(2)6-18-14(20-13)8-3-4-9(15)11-7(8)5-10(21-11)19-12(16)17/h3-5H,6H2,1-2H3,(H2,16,17). The third-order valence-corrected chi connectivity index (χ3v) is 4.13. The Kier molecular flexibility index (Phi) is 3.39. The lowest BCUT2D eigenvalue weighted by Gasteiger charge is -2.15. The highest BCUT2D eigenvalue weighted by Crippen LogP contribution is 2.33. The van der Waals surface area contributed by atoms with Crippen molar-refractivity contribution in [2.45, 2.75) is 19.4 Å². The number of benzene rings is 1. The van der Waals surface area contributed by atoms with Gasteiger partial charge < -0.3 is 19.8 Å². The molecule has 21 heavy (non-hydrogen) atoms. The van der Waals surface area contributed by atoms with Crippen LogP contribution in [0, 0.1) is 5.82 Å². The van der Waals surface area contributed by atoms with Crippen LogP contribution >= 0.6 is 11.3 Å². The van der Waals surface area contributed by atoms with Gasteiger partial charge >= 0.3 is 13.2 Å². The number of fused-ring (bicyclic) bond motifs is 1. The van der Waals surface area contributed by atoms with Gasteiger partial charge in [-0.3, -0.25) is 0 Å². The predicted octanol–water partition coefficient (Wildman–Crippen LogP) is 2.02. The third-order valence-electron chi connectivity index (χ3n) is 3.11. The Hall–Kier alpha value is -1.64. The molecule has 2 heterocycles. The molecule has 0 atom stereocenters. The molecule has 1 aliphatic heterocycles. The van der Waals surface area contributed by atoms with E-state index in [1.165, 1.54) is 6.07 Å². The van der Waals surface area contributed by atoms with Crippen molar-refractivity contribution in [1.29, 1.82) is 0 Å². The molecule has 3 rings (SSSR count). The molecule has 0 unspecified atom stereocenters. The van der Waals surface area contributed by atoms with Crippen molar-refractivity contribution in [3.8, 4) is 5.06 Å². The molecule has 0 bridgehead atoms. The minimum absolute atomic E-state index is 0.237. The summed E-state index contributed by atoms with van der Waals surface area (Å²) >= 11 is 1.02. The number of amides is 1. The van der Waals surface area contributed by atoms with E-state index in [-0.39, 0.29) is 5.06 Å². The number of nitrogens with two attached hydrogens (primary N) is 1. The van der Waals surface area contributed by atoms with Gasteiger partial charge in [0.2, 0.25) is 0 Å². The Morgan fingerprint density at radius 1 is 1.52 bits per heavy atom. The maximum absolute atomic E-state index is 13.9. The predicted molar refractivity (Wildman–Crippen MR) is 78.5 cm³/mol. The van der Waals surface area contributed by atoms with Gasteiger partial charge in [-0.25, -0.2) is 9.18 Å². The summed E-state index contributed by atoms with van der Waals surface area (Å²) in [4.78, 5) is 10.8. The van der Waals surface area contributed by atoms with Crippen molar-refractivity contribution in [1.82, 2.24) is 0 Å². The first-order valence-corrected chi connectivity index (χ1v) is 7.16. The molecule has 1 aromatic heterocycles. The van der Waals surface area contributed by atoms with E-state index in [1.807, 2.05) is 13.8 Å². The summed E-state index contributed by atoms with van der Waals surface area (Å²) in [6, 6.07) is 4.53. The Bertz CT molecular complexity index is 718. The van der Waals surface area contributed by atoms with Crippen molar-refractivity contribution < 1.29 is 23.2 Å². The van der Waals surface area contributed by atoms with Crippen molar-refractivity contribution >= 4 is 40.1 Å². The fraction of sp³-hybridized carbons (Fsp3) is 0.308. The van der Waals surface area contributed by atoms with E-state index < -0.39 is 24.6 Å². The molecule has 2 aromatic rings. The first-order valence-electron chi connectivity index (χ1n) is 6.34. The van der Waals surface area contributed by atoms with Gasteiger partial charge in [-0.05, 0) is 30.8 Å². The highest BCUT2D eigenvalue weighted by Gasteiger charge is 2.39. The SMILES string of the molecule is CC1(C)COB(c2ccc(F)c3sc(OC(N)=O)cc23)O1. The third kappa shape index (κ3) is 2.74. The van der Waals surface area contributed by atoms with E-state index in [9.17, 15) is 9.18 Å². The Balaban J connectivity index is 2.05. The molecule has 1 aromatic carbocycles. The second-order valence-electron chi connectivity index (χ2n) is 5.39. The topological polar surface area (TPSA) is 70.8 Å². The van der Waals surface area contributed by atoms with Crippen molar-refractivity contribution in [3.05, 3.63) is 24.0 Å². The molecular weight excluding hydrogens is 296 g/mol. The van der Waals surface area contributed by atoms with E-state index >= 15 is 0 Å². The number of primary amides is 1. The fourth-order valence-corrected chi connectivity index (χ4v) is 3.19. The van der Waals surface area contributed by atoms with Crippen LogP contribution in [-0.2, 0) is 9.31 Å². The van der Waals surface area contributed by atoms with Gasteiger partial charge in [0.25, 0.3) is 0 Å². The molecule has 0 saturated carbocycles. The van der Waals surface area contributed by atoms with Gasteiger partial charge in [0.1, 0.15) is 5.82 Å². The Labute approximate surface area is 124 Å². The van der Waals surface area contributed by atoms with Crippen molar-refractivity contribution in [2.24, 2.45) is 5.73 Å². The van der Waals surface area contributed by atoms with Crippen LogP contribution in [0.3, 0.4) is 0 Å². The first-order chi connectivity index (χ1) is 9.85. The van der Waals surface area contributed by atoms with Crippen LogP contribution in [0.25, 0.3) is 10.1 Å². The molecule has 1 saturated heterocycles. The van der Waals surface area contributed by atoms with Crippen LogP contribution < -0.4 is 15.9 Å². The van der Waals surface area contributed by atoms with Gasteiger partial charge in [-0.1, -0.05) is 17.4 Å². The van der Waals surface area contributed by atoms with Crippen LogP contribution in [0.15, 0.2) is 18.2 Å². The van der Waals surface area contributed by atoms with Crippen molar-refractivity contribution in [3.63, 3.8) is 0 Å². The summed E-state index contributed by atoms with van der Waals surface area (Å²) in [5, 5.41) is 0.833. The fourth-order valence-electron chi connectivity index (χ4n) is 2.23. The number of rotatable bonds is 2. The lowest BCUT2D eigenvalue weighted by molar-refractivity contribution is 0.137. The largest absolute Gasteiger partial charge is 0.495 e. The van der Waals surface area contributed by atoms with E-state index in [0.29, 0.717) is 22.2 Å². The second-order valence-corrected chi connectivity index (χ2v) is 6.40. The van der Waals surface area contributed by atoms with Gasteiger partial charge in [0.05, 0.1) is 16.9 Å². The number of hydrogen-bond acceptors (Lipinski definition) is 5. The molecule has 5 nitrogen and oxygen atoms in total. The lowest BCUT2D eigenvalue weighted by Crippen LogP contribution is -2.34. The number of ether oxygens (including phenoxy) is 1. The molecule has 0 aliphatic carbocycles. The van der Waals surface area contributed by atoms with Gasteiger partial charge in [-0.15, -0.1) is 0 Å². The monoisotopic (exact) mass is 309 g/mol. The molecule has 110 valence electrons. The average Bonchev–Trinajstić information content (AvgIpc) is 2.93. The maximum atomic E-state index is 13.9. The number of carbonyl (C=O) groups excluding carboxylic acids is 1. The van der Waals surface area contributed by atoms with Crippen LogP contribution in [0.5, 0.6) is 5.06 Å². The number of hydrogen-bond donors (Lipinski definition) is 1. The molecular formula is C13H13BFNO4S.